The Morgan fingerprint density at radius 3 is 2.60 bits per heavy atom. The monoisotopic (exact) mass is 266 g/mol. The van der Waals surface area contributed by atoms with Gasteiger partial charge in [0.25, 0.3) is 0 Å². The highest BCUT2D eigenvalue weighted by molar-refractivity contribution is 5.97. The first kappa shape index (κ1) is 13.0. The molecule has 1 aliphatic heterocycles. The zero-order valence-electron chi connectivity index (χ0n) is 11.9. The molecule has 2 aromatic carbocycles. The van der Waals surface area contributed by atoms with E-state index in [1.165, 1.54) is 5.69 Å². The molecule has 0 unspecified atom stereocenters. The quantitative estimate of drug-likeness (QED) is 0.794. The summed E-state index contributed by atoms with van der Waals surface area (Å²) in [6.45, 7) is 6.72. The molecule has 2 aromatic rings. The summed E-state index contributed by atoms with van der Waals surface area (Å²) in [6.07, 6.45) is 0. The molecule has 102 valence electrons. The molecule has 0 amide bonds. The van der Waals surface area contributed by atoms with Gasteiger partial charge in [-0.1, -0.05) is 24.3 Å². The molecule has 1 fully saturated rings. The Morgan fingerprint density at radius 2 is 1.90 bits per heavy atom. The average molecular weight is 266 g/mol. The van der Waals surface area contributed by atoms with Crippen LogP contribution in [0.4, 0.5) is 5.69 Å². The van der Waals surface area contributed by atoms with Crippen LogP contribution < -0.4 is 4.90 Å². The summed E-state index contributed by atoms with van der Waals surface area (Å²) in [5, 5.41) is 11.4. The molecule has 0 saturated carbocycles. The minimum atomic E-state index is -0.132. The van der Waals surface area contributed by atoms with Crippen LogP contribution in [-0.4, -0.2) is 25.3 Å². The Labute approximate surface area is 119 Å². The molecule has 0 aliphatic carbocycles. The highest BCUT2D eigenvalue weighted by Crippen LogP contribution is 2.31. The fourth-order valence-corrected chi connectivity index (χ4v) is 2.88. The number of benzene rings is 2. The standard InChI is InChI=1S/C17H18N2O/c1-17(2)12-19(9-10-20-17)16-8-7-13(11-18)14-5-3-4-6-15(14)16/h3-8H,9-10,12H2,1-2H3. The van der Waals surface area contributed by atoms with Gasteiger partial charge in [-0.05, 0) is 26.0 Å². The Bertz CT molecular complexity index is 685. The van der Waals surface area contributed by atoms with Gasteiger partial charge in [0.1, 0.15) is 0 Å². The molecule has 0 bridgehead atoms. The summed E-state index contributed by atoms with van der Waals surface area (Å²) >= 11 is 0. The summed E-state index contributed by atoms with van der Waals surface area (Å²) in [5.74, 6) is 0. The predicted octanol–water partition coefficient (Wildman–Crippen LogP) is 3.33. The minimum Gasteiger partial charge on any atom is -0.372 e. The van der Waals surface area contributed by atoms with Gasteiger partial charge in [-0.15, -0.1) is 0 Å². The van der Waals surface area contributed by atoms with Crippen molar-refractivity contribution in [3.8, 4) is 6.07 Å². The van der Waals surface area contributed by atoms with E-state index in [-0.39, 0.29) is 5.60 Å². The van der Waals surface area contributed by atoms with Gasteiger partial charge in [0.05, 0.1) is 23.8 Å². The fraction of sp³-hybridized carbons (Fsp3) is 0.353. The molecule has 1 heterocycles. The van der Waals surface area contributed by atoms with Gasteiger partial charge in [0.15, 0.2) is 0 Å². The number of hydrogen-bond acceptors (Lipinski definition) is 3. The highest BCUT2D eigenvalue weighted by Gasteiger charge is 2.28. The zero-order chi connectivity index (χ0) is 14.2. The molecule has 20 heavy (non-hydrogen) atoms. The first-order chi connectivity index (χ1) is 9.61. The van der Waals surface area contributed by atoms with Crippen LogP contribution in [0.1, 0.15) is 19.4 Å². The van der Waals surface area contributed by atoms with E-state index in [0.29, 0.717) is 0 Å². The second-order valence-electron chi connectivity index (χ2n) is 5.82. The number of fused-ring (bicyclic) bond motifs is 1. The van der Waals surface area contributed by atoms with Crippen molar-refractivity contribution in [1.82, 2.24) is 0 Å². The van der Waals surface area contributed by atoms with Crippen LogP contribution in [0.5, 0.6) is 0 Å². The van der Waals surface area contributed by atoms with Crippen LogP contribution in [0.15, 0.2) is 36.4 Å². The van der Waals surface area contributed by atoms with Crippen LogP contribution in [0, 0.1) is 11.3 Å². The van der Waals surface area contributed by atoms with Crippen LogP contribution in [0.2, 0.25) is 0 Å². The number of nitrogens with zero attached hydrogens (tertiary/aromatic N) is 2. The third kappa shape index (κ3) is 2.23. The molecule has 0 atom stereocenters. The van der Waals surface area contributed by atoms with Crippen molar-refractivity contribution in [1.29, 1.82) is 5.26 Å². The van der Waals surface area contributed by atoms with Crippen molar-refractivity contribution in [3.63, 3.8) is 0 Å². The Kier molecular flexibility index (Phi) is 3.11. The second kappa shape index (κ2) is 4.81. The number of ether oxygens (including phenoxy) is 1. The normalized spacial score (nSPS) is 17.9. The lowest BCUT2D eigenvalue weighted by atomic mass is 10.0. The first-order valence-electron chi connectivity index (χ1n) is 6.91. The summed E-state index contributed by atoms with van der Waals surface area (Å²) in [4.78, 5) is 2.35. The van der Waals surface area contributed by atoms with Gasteiger partial charge in [-0.2, -0.15) is 5.26 Å². The van der Waals surface area contributed by atoms with E-state index >= 15 is 0 Å². The molecule has 3 nitrogen and oxygen atoms in total. The number of anilines is 1. The summed E-state index contributed by atoms with van der Waals surface area (Å²) in [5.41, 5.74) is 1.79. The summed E-state index contributed by atoms with van der Waals surface area (Å²) < 4.78 is 5.78. The Balaban J connectivity index is 2.11. The van der Waals surface area contributed by atoms with E-state index in [4.69, 9.17) is 4.74 Å². The van der Waals surface area contributed by atoms with Gasteiger partial charge in [-0.25, -0.2) is 0 Å². The van der Waals surface area contributed by atoms with Gasteiger partial charge in [-0.3, -0.25) is 0 Å². The molecule has 3 heteroatoms. The largest absolute Gasteiger partial charge is 0.372 e. The van der Waals surface area contributed by atoms with E-state index in [1.807, 2.05) is 24.3 Å². The number of nitriles is 1. The molecule has 3 rings (SSSR count). The smallest absolute Gasteiger partial charge is 0.0998 e. The van der Waals surface area contributed by atoms with E-state index in [9.17, 15) is 5.26 Å². The number of rotatable bonds is 1. The highest BCUT2D eigenvalue weighted by atomic mass is 16.5. The topological polar surface area (TPSA) is 36.3 Å². The third-order valence-corrected chi connectivity index (χ3v) is 3.79. The number of hydrogen-bond donors (Lipinski definition) is 0. The van der Waals surface area contributed by atoms with E-state index < -0.39 is 0 Å². The van der Waals surface area contributed by atoms with Gasteiger partial charge < -0.3 is 9.64 Å². The lowest BCUT2D eigenvalue weighted by Crippen LogP contribution is -2.48. The SMILES string of the molecule is CC1(C)CN(c2ccc(C#N)c3ccccc23)CCO1. The Hall–Kier alpha value is -2.05. The molecule has 0 N–H and O–H groups in total. The predicted molar refractivity (Wildman–Crippen MR) is 80.9 cm³/mol. The second-order valence-corrected chi connectivity index (χ2v) is 5.82. The lowest BCUT2D eigenvalue weighted by Gasteiger charge is -2.40. The van der Waals surface area contributed by atoms with E-state index in [2.05, 4.69) is 36.9 Å². The van der Waals surface area contributed by atoms with E-state index in [1.54, 1.807) is 0 Å². The van der Waals surface area contributed by atoms with Crippen molar-refractivity contribution in [2.75, 3.05) is 24.6 Å². The molecular weight excluding hydrogens is 248 g/mol. The van der Waals surface area contributed by atoms with E-state index in [0.717, 1.165) is 36.0 Å². The third-order valence-electron chi connectivity index (χ3n) is 3.79. The maximum Gasteiger partial charge on any atom is 0.0998 e. The van der Waals surface area contributed by atoms with Crippen LogP contribution in [-0.2, 0) is 4.74 Å². The van der Waals surface area contributed by atoms with Crippen LogP contribution in [0.25, 0.3) is 10.8 Å². The maximum absolute atomic E-state index is 9.24. The van der Waals surface area contributed by atoms with Crippen molar-refractivity contribution in [3.05, 3.63) is 42.0 Å². The average Bonchev–Trinajstić information content (AvgIpc) is 2.45. The van der Waals surface area contributed by atoms with Crippen molar-refractivity contribution >= 4 is 16.5 Å². The molecule has 0 aromatic heterocycles. The molecular formula is C17H18N2O. The van der Waals surface area contributed by atoms with Gasteiger partial charge in [0.2, 0.25) is 0 Å². The van der Waals surface area contributed by atoms with Gasteiger partial charge in [0, 0.05) is 29.5 Å². The zero-order valence-corrected chi connectivity index (χ0v) is 11.9. The first-order valence-corrected chi connectivity index (χ1v) is 6.91. The van der Waals surface area contributed by atoms with Gasteiger partial charge >= 0.3 is 0 Å². The molecule has 0 spiro atoms. The van der Waals surface area contributed by atoms with Crippen molar-refractivity contribution in [2.24, 2.45) is 0 Å². The summed E-state index contributed by atoms with van der Waals surface area (Å²) in [6, 6.07) is 14.4. The molecule has 1 saturated heterocycles. The minimum absolute atomic E-state index is 0.132. The van der Waals surface area contributed by atoms with Crippen LogP contribution in [0.3, 0.4) is 0 Å². The van der Waals surface area contributed by atoms with Crippen LogP contribution >= 0.6 is 0 Å². The fourth-order valence-electron chi connectivity index (χ4n) is 2.88. The number of morpholine rings is 1. The molecule has 1 aliphatic rings. The molecule has 0 radical (unpaired) electrons. The Morgan fingerprint density at radius 1 is 1.15 bits per heavy atom. The maximum atomic E-state index is 9.24. The lowest BCUT2D eigenvalue weighted by molar-refractivity contribution is -0.0276. The van der Waals surface area contributed by atoms with Crippen molar-refractivity contribution in [2.45, 2.75) is 19.4 Å². The van der Waals surface area contributed by atoms with Crippen molar-refractivity contribution < 1.29 is 4.74 Å². The summed E-state index contributed by atoms with van der Waals surface area (Å²) in [7, 11) is 0.